The van der Waals surface area contributed by atoms with E-state index in [1.54, 1.807) is 13.0 Å². The first kappa shape index (κ1) is 22.3. The number of fused-ring (bicyclic) bond motifs is 1. The van der Waals surface area contributed by atoms with Crippen molar-refractivity contribution in [3.63, 3.8) is 0 Å². The maximum absolute atomic E-state index is 13.9. The van der Waals surface area contributed by atoms with Crippen LogP contribution in [-0.2, 0) is 4.79 Å². The van der Waals surface area contributed by atoms with Crippen LogP contribution in [0.25, 0.3) is 11.0 Å². The summed E-state index contributed by atoms with van der Waals surface area (Å²) in [5, 5.41) is 6.39. The third-order valence-electron chi connectivity index (χ3n) is 4.97. The van der Waals surface area contributed by atoms with Crippen molar-refractivity contribution in [1.82, 2.24) is 10.6 Å². The number of amides is 2. The van der Waals surface area contributed by atoms with Gasteiger partial charge in [-0.3, -0.25) is 9.59 Å². The molecule has 2 unspecified atom stereocenters. The Kier molecular flexibility index (Phi) is 6.95. The summed E-state index contributed by atoms with van der Waals surface area (Å²) in [5.74, 6) is -0.644. The molecule has 2 atom stereocenters. The molecule has 0 aliphatic carbocycles. The largest absolute Gasteiger partial charge is 0.490 e. The fourth-order valence-electron chi connectivity index (χ4n) is 3.31. The van der Waals surface area contributed by atoms with Crippen LogP contribution in [0.15, 0.2) is 52.9 Å². The molecule has 0 aliphatic heterocycles. The standard InChI is InChI=1S/C24H27FN2O4/c1-5-30-19-12-8-9-16-13-20(31-22(16)19)15(4)26-24(29)21(14(2)3)27-23(28)17-10-6-7-11-18(17)25/h6-15,21H,5H2,1-4H3,(H,26,29)(H,27,28). The fraction of sp³-hybridized carbons (Fsp3) is 0.333. The zero-order valence-corrected chi connectivity index (χ0v) is 18.1. The average molecular weight is 426 g/mol. The lowest BCUT2D eigenvalue weighted by Crippen LogP contribution is -2.50. The maximum Gasteiger partial charge on any atom is 0.254 e. The lowest BCUT2D eigenvalue weighted by molar-refractivity contribution is -0.124. The van der Waals surface area contributed by atoms with Gasteiger partial charge in [0.25, 0.3) is 5.91 Å². The Morgan fingerprint density at radius 2 is 1.81 bits per heavy atom. The van der Waals surface area contributed by atoms with Crippen LogP contribution in [0.1, 0.15) is 49.9 Å². The number of carbonyl (C=O) groups is 2. The summed E-state index contributed by atoms with van der Waals surface area (Å²) in [7, 11) is 0. The molecule has 164 valence electrons. The van der Waals surface area contributed by atoms with E-state index in [4.69, 9.17) is 9.15 Å². The molecule has 3 aromatic rings. The summed E-state index contributed by atoms with van der Waals surface area (Å²) in [6, 6.07) is 11.9. The Morgan fingerprint density at radius 1 is 1.06 bits per heavy atom. The molecule has 1 aromatic heterocycles. The Labute approximate surface area is 180 Å². The highest BCUT2D eigenvalue weighted by atomic mass is 19.1. The third kappa shape index (κ3) is 5.05. The second-order valence-corrected chi connectivity index (χ2v) is 7.66. The van der Waals surface area contributed by atoms with Gasteiger partial charge in [0.1, 0.15) is 17.6 Å². The molecular formula is C24H27FN2O4. The van der Waals surface area contributed by atoms with Gasteiger partial charge in [-0.25, -0.2) is 4.39 Å². The van der Waals surface area contributed by atoms with Crippen LogP contribution in [0.2, 0.25) is 0 Å². The van der Waals surface area contributed by atoms with E-state index >= 15 is 0 Å². The van der Waals surface area contributed by atoms with Crippen molar-refractivity contribution in [2.45, 2.75) is 39.8 Å². The Morgan fingerprint density at radius 3 is 2.48 bits per heavy atom. The number of rotatable bonds is 8. The fourth-order valence-corrected chi connectivity index (χ4v) is 3.31. The van der Waals surface area contributed by atoms with Gasteiger partial charge in [-0.1, -0.05) is 38.1 Å². The number of furan rings is 1. The van der Waals surface area contributed by atoms with Gasteiger partial charge in [0.05, 0.1) is 18.2 Å². The molecule has 0 spiro atoms. The number of carbonyl (C=O) groups excluding carboxylic acids is 2. The topological polar surface area (TPSA) is 80.6 Å². The minimum absolute atomic E-state index is 0.102. The van der Waals surface area contributed by atoms with Crippen molar-refractivity contribution in [2.24, 2.45) is 5.92 Å². The number of hydrogen-bond donors (Lipinski definition) is 2. The predicted octanol–water partition coefficient (Wildman–Crippen LogP) is 4.60. The van der Waals surface area contributed by atoms with Gasteiger partial charge in [0.15, 0.2) is 11.3 Å². The highest BCUT2D eigenvalue weighted by Gasteiger charge is 2.27. The molecule has 6 nitrogen and oxygen atoms in total. The minimum atomic E-state index is -0.835. The maximum atomic E-state index is 13.9. The third-order valence-corrected chi connectivity index (χ3v) is 4.97. The van der Waals surface area contributed by atoms with Crippen LogP contribution in [-0.4, -0.2) is 24.5 Å². The van der Waals surface area contributed by atoms with Crippen LogP contribution in [0.4, 0.5) is 4.39 Å². The van der Waals surface area contributed by atoms with Gasteiger partial charge in [-0.05, 0) is 44.0 Å². The molecular weight excluding hydrogens is 399 g/mol. The molecule has 0 bridgehead atoms. The highest BCUT2D eigenvalue weighted by Crippen LogP contribution is 2.31. The first-order valence-corrected chi connectivity index (χ1v) is 10.3. The van der Waals surface area contributed by atoms with Crippen LogP contribution in [0.3, 0.4) is 0 Å². The number of hydrogen-bond acceptors (Lipinski definition) is 4. The summed E-state index contributed by atoms with van der Waals surface area (Å²) < 4.78 is 25.5. The summed E-state index contributed by atoms with van der Waals surface area (Å²) in [4.78, 5) is 25.4. The zero-order chi connectivity index (χ0) is 22.5. The summed E-state index contributed by atoms with van der Waals surface area (Å²) in [5.41, 5.74) is 0.517. The van der Waals surface area contributed by atoms with Crippen molar-refractivity contribution < 1.29 is 23.1 Å². The van der Waals surface area contributed by atoms with Gasteiger partial charge in [0, 0.05) is 5.39 Å². The van der Waals surface area contributed by atoms with Crippen molar-refractivity contribution >= 4 is 22.8 Å². The van der Waals surface area contributed by atoms with E-state index in [9.17, 15) is 14.0 Å². The van der Waals surface area contributed by atoms with Crippen molar-refractivity contribution in [2.75, 3.05) is 6.61 Å². The Bertz CT molecular complexity index is 1080. The number of halogens is 1. The molecule has 31 heavy (non-hydrogen) atoms. The molecule has 2 amide bonds. The van der Waals surface area contributed by atoms with E-state index in [1.165, 1.54) is 18.2 Å². The first-order valence-electron chi connectivity index (χ1n) is 10.3. The van der Waals surface area contributed by atoms with Gasteiger partial charge in [-0.15, -0.1) is 0 Å². The Balaban J connectivity index is 1.75. The SMILES string of the molecule is CCOc1cccc2cc(C(C)NC(=O)C(NC(=O)c3ccccc3F)C(C)C)oc12. The smallest absolute Gasteiger partial charge is 0.254 e. The quantitative estimate of drug-likeness (QED) is 0.552. The summed E-state index contributed by atoms with van der Waals surface area (Å²) in [6.07, 6.45) is 0. The van der Waals surface area contributed by atoms with E-state index in [2.05, 4.69) is 10.6 Å². The molecule has 2 aromatic carbocycles. The van der Waals surface area contributed by atoms with E-state index in [-0.39, 0.29) is 17.4 Å². The summed E-state index contributed by atoms with van der Waals surface area (Å²) in [6.45, 7) is 7.83. The number of benzene rings is 2. The van der Waals surface area contributed by atoms with Gasteiger partial charge >= 0.3 is 0 Å². The first-order chi connectivity index (χ1) is 14.8. The monoisotopic (exact) mass is 426 g/mol. The van der Waals surface area contributed by atoms with Crippen LogP contribution >= 0.6 is 0 Å². The number of nitrogens with one attached hydrogen (secondary N) is 2. The number of ether oxygens (including phenoxy) is 1. The van der Waals surface area contributed by atoms with Crippen molar-refractivity contribution in [3.8, 4) is 5.75 Å². The van der Waals surface area contributed by atoms with Crippen molar-refractivity contribution in [1.29, 1.82) is 0 Å². The predicted molar refractivity (Wildman–Crippen MR) is 116 cm³/mol. The lowest BCUT2D eigenvalue weighted by atomic mass is 10.0. The molecule has 0 aliphatic rings. The molecule has 7 heteroatoms. The lowest BCUT2D eigenvalue weighted by Gasteiger charge is -2.23. The van der Waals surface area contributed by atoms with Crippen LogP contribution in [0.5, 0.6) is 5.75 Å². The van der Waals surface area contributed by atoms with Crippen LogP contribution in [0, 0.1) is 11.7 Å². The normalized spacial score (nSPS) is 13.1. The molecule has 0 saturated carbocycles. The van der Waals surface area contributed by atoms with E-state index in [0.717, 1.165) is 5.39 Å². The van der Waals surface area contributed by atoms with Gasteiger partial charge < -0.3 is 19.8 Å². The molecule has 0 radical (unpaired) electrons. The van der Waals surface area contributed by atoms with Crippen molar-refractivity contribution in [3.05, 3.63) is 65.7 Å². The zero-order valence-electron chi connectivity index (χ0n) is 18.1. The Hall–Kier alpha value is -3.35. The minimum Gasteiger partial charge on any atom is -0.490 e. The van der Waals surface area contributed by atoms with E-state index in [0.29, 0.717) is 23.7 Å². The average Bonchev–Trinajstić information content (AvgIpc) is 3.17. The van der Waals surface area contributed by atoms with Gasteiger partial charge in [0.2, 0.25) is 5.91 Å². The molecule has 1 heterocycles. The second-order valence-electron chi connectivity index (χ2n) is 7.66. The summed E-state index contributed by atoms with van der Waals surface area (Å²) >= 11 is 0. The molecule has 0 saturated heterocycles. The number of para-hydroxylation sites is 1. The van der Waals surface area contributed by atoms with E-state index < -0.39 is 23.8 Å². The molecule has 0 fully saturated rings. The van der Waals surface area contributed by atoms with Crippen LogP contribution < -0.4 is 15.4 Å². The molecule has 3 rings (SSSR count). The van der Waals surface area contributed by atoms with E-state index in [1.807, 2.05) is 45.0 Å². The van der Waals surface area contributed by atoms with Gasteiger partial charge in [-0.2, -0.15) is 0 Å². The second kappa shape index (κ2) is 9.64. The molecule has 2 N–H and O–H groups in total. The highest BCUT2D eigenvalue weighted by molar-refractivity contribution is 5.97.